The molecule has 0 saturated carbocycles. The number of carbonyl (C=O) groups is 1. The number of carbonyl (C=O) groups excluding carboxylic acids is 1. The molecular formula is C22H38N3O2+. The van der Waals surface area contributed by atoms with Crippen molar-refractivity contribution in [1.29, 1.82) is 0 Å². The number of quaternary nitrogens is 1. The third-order valence-corrected chi connectivity index (χ3v) is 5.48. The van der Waals surface area contributed by atoms with Crippen LogP contribution in [0.1, 0.15) is 53.9 Å². The number of nitrogens with one attached hydrogen (secondary N) is 2. The summed E-state index contributed by atoms with van der Waals surface area (Å²) < 4.78 is 5.48. The second-order valence-corrected chi connectivity index (χ2v) is 8.31. The van der Waals surface area contributed by atoms with Crippen LogP contribution in [0, 0.1) is 5.92 Å². The maximum Gasteiger partial charge on any atom is 0.322 e. The minimum atomic E-state index is 0.0257. The van der Waals surface area contributed by atoms with E-state index in [1.807, 2.05) is 31.2 Å². The molecule has 2 rings (SSSR count). The van der Waals surface area contributed by atoms with Crippen molar-refractivity contribution in [3.63, 3.8) is 0 Å². The van der Waals surface area contributed by atoms with E-state index in [9.17, 15) is 4.79 Å². The minimum Gasteiger partial charge on any atom is -0.494 e. The van der Waals surface area contributed by atoms with Crippen LogP contribution in [0.5, 0.6) is 5.75 Å². The molecule has 152 valence electrons. The van der Waals surface area contributed by atoms with Gasteiger partial charge in [-0.2, -0.15) is 0 Å². The number of hydrogen-bond acceptors (Lipinski definition) is 2. The number of rotatable bonds is 8. The van der Waals surface area contributed by atoms with Gasteiger partial charge in [-0.05, 0) is 57.4 Å². The molecule has 27 heavy (non-hydrogen) atoms. The van der Waals surface area contributed by atoms with Crippen molar-refractivity contribution in [1.82, 2.24) is 4.90 Å². The van der Waals surface area contributed by atoms with Crippen molar-refractivity contribution in [3.8, 4) is 5.75 Å². The summed E-state index contributed by atoms with van der Waals surface area (Å²) in [5.74, 6) is 1.42. The number of hydrogen-bond donors (Lipinski definition) is 2. The minimum absolute atomic E-state index is 0.0257. The van der Waals surface area contributed by atoms with Crippen molar-refractivity contribution in [2.45, 2.75) is 66.0 Å². The Kier molecular flexibility index (Phi) is 8.42. The van der Waals surface area contributed by atoms with Crippen molar-refractivity contribution < 1.29 is 14.4 Å². The highest BCUT2D eigenvalue weighted by Gasteiger charge is 2.30. The van der Waals surface area contributed by atoms with E-state index in [0.717, 1.165) is 50.3 Å². The number of benzene rings is 1. The van der Waals surface area contributed by atoms with Gasteiger partial charge in [0.15, 0.2) is 0 Å². The summed E-state index contributed by atoms with van der Waals surface area (Å²) in [7, 11) is 0. The number of anilines is 1. The van der Waals surface area contributed by atoms with Gasteiger partial charge in [0, 0.05) is 31.1 Å². The second-order valence-electron chi connectivity index (χ2n) is 8.31. The quantitative estimate of drug-likeness (QED) is 0.730. The summed E-state index contributed by atoms with van der Waals surface area (Å²) in [5.41, 5.74) is 0.822. The monoisotopic (exact) mass is 376 g/mol. The summed E-state index contributed by atoms with van der Waals surface area (Å²) in [6, 6.07) is 8.66. The van der Waals surface area contributed by atoms with Gasteiger partial charge in [0.25, 0.3) is 0 Å². The van der Waals surface area contributed by atoms with Gasteiger partial charge in [-0.1, -0.05) is 13.8 Å². The number of piperidine rings is 1. The molecule has 2 amide bonds. The Bertz CT molecular complexity index is 563. The van der Waals surface area contributed by atoms with Gasteiger partial charge in [-0.15, -0.1) is 0 Å². The smallest absolute Gasteiger partial charge is 0.322 e. The molecule has 5 heteroatoms. The lowest BCUT2D eigenvalue weighted by atomic mass is 10.0. The highest BCUT2D eigenvalue weighted by atomic mass is 16.5. The molecule has 1 aliphatic heterocycles. The molecule has 0 spiro atoms. The van der Waals surface area contributed by atoms with Crippen LogP contribution in [-0.2, 0) is 0 Å². The van der Waals surface area contributed by atoms with Gasteiger partial charge < -0.3 is 19.9 Å². The van der Waals surface area contributed by atoms with E-state index in [0.29, 0.717) is 24.6 Å². The Balaban J connectivity index is 2.00. The fourth-order valence-corrected chi connectivity index (χ4v) is 3.71. The standard InChI is InChI=1S/C22H37N3O2/c1-6-27-21-9-7-19(8-10-21)23-22(26)25(16-11-17(2)3)20-12-14-24(15-13-20)18(4)5/h7-10,17-18,20H,6,11-16H2,1-5H3,(H,23,26)/p+1. The van der Waals surface area contributed by atoms with Gasteiger partial charge in [-0.3, -0.25) is 0 Å². The first-order chi connectivity index (χ1) is 12.9. The number of likely N-dealkylation sites (tertiary alicyclic amines) is 1. The second kappa shape index (κ2) is 10.5. The molecule has 0 aliphatic carbocycles. The van der Waals surface area contributed by atoms with Crippen molar-refractivity contribution >= 4 is 11.7 Å². The third kappa shape index (κ3) is 6.73. The van der Waals surface area contributed by atoms with Gasteiger partial charge >= 0.3 is 6.03 Å². The maximum absolute atomic E-state index is 13.0. The molecular weight excluding hydrogens is 338 g/mol. The topological polar surface area (TPSA) is 46.0 Å². The largest absolute Gasteiger partial charge is 0.494 e. The molecule has 0 aromatic heterocycles. The predicted molar refractivity (Wildman–Crippen MR) is 112 cm³/mol. The summed E-state index contributed by atoms with van der Waals surface area (Å²) >= 11 is 0. The lowest BCUT2D eigenvalue weighted by molar-refractivity contribution is -0.926. The summed E-state index contributed by atoms with van der Waals surface area (Å²) in [6.07, 6.45) is 3.21. The fourth-order valence-electron chi connectivity index (χ4n) is 3.71. The Morgan fingerprint density at radius 1 is 1.19 bits per heavy atom. The van der Waals surface area contributed by atoms with E-state index in [-0.39, 0.29) is 6.03 Å². The van der Waals surface area contributed by atoms with Crippen molar-refractivity contribution in [2.24, 2.45) is 5.92 Å². The molecule has 1 fully saturated rings. The normalized spacial score (nSPS) is 20.0. The van der Waals surface area contributed by atoms with Crippen LogP contribution in [0.4, 0.5) is 10.5 Å². The third-order valence-electron chi connectivity index (χ3n) is 5.48. The van der Waals surface area contributed by atoms with E-state index in [2.05, 4.69) is 37.9 Å². The molecule has 5 nitrogen and oxygen atoms in total. The highest BCUT2D eigenvalue weighted by Crippen LogP contribution is 2.19. The molecule has 0 atom stereocenters. The number of ether oxygens (including phenoxy) is 1. The molecule has 1 aromatic rings. The molecule has 2 N–H and O–H groups in total. The zero-order chi connectivity index (χ0) is 19.8. The van der Waals surface area contributed by atoms with Crippen LogP contribution in [0.15, 0.2) is 24.3 Å². The number of amides is 2. The van der Waals surface area contributed by atoms with Gasteiger partial charge in [0.05, 0.1) is 25.7 Å². The van der Waals surface area contributed by atoms with Gasteiger partial charge in [0.2, 0.25) is 0 Å². The van der Waals surface area contributed by atoms with Crippen LogP contribution < -0.4 is 15.0 Å². The summed E-state index contributed by atoms with van der Waals surface area (Å²) in [4.78, 5) is 16.8. The number of nitrogens with zero attached hydrogens (tertiary/aromatic N) is 1. The Morgan fingerprint density at radius 3 is 2.33 bits per heavy atom. The van der Waals surface area contributed by atoms with Crippen molar-refractivity contribution in [3.05, 3.63) is 24.3 Å². The first-order valence-electron chi connectivity index (χ1n) is 10.6. The number of urea groups is 1. The zero-order valence-corrected chi connectivity index (χ0v) is 17.8. The van der Waals surface area contributed by atoms with Crippen LogP contribution >= 0.6 is 0 Å². The average molecular weight is 377 g/mol. The van der Waals surface area contributed by atoms with Crippen LogP contribution in [0.3, 0.4) is 0 Å². The fraction of sp³-hybridized carbons (Fsp3) is 0.682. The Hall–Kier alpha value is -1.75. The zero-order valence-electron chi connectivity index (χ0n) is 17.8. The molecule has 1 aliphatic rings. The lowest BCUT2D eigenvalue weighted by Crippen LogP contribution is -3.16. The van der Waals surface area contributed by atoms with Crippen LogP contribution in [0.25, 0.3) is 0 Å². The lowest BCUT2D eigenvalue weighted by Gasteiger charge is -2.38. The Labute approximate surface area is 165 Å². The predicted octanol–water partition coefficient (Wildman–Crippen LogP) is 3.42. The molecule has 0 unspecified atom stereocenters. The summed E-state index contributed by atoms with van der Waals surface area (Å²) in [5, 5.41) is 3.09. The van der Waals surface area contributed by atoms with E-state index in [1.165, 1.54) is 0 Å². The average Bonchev–Trinajstić information content (AvgIpc) is 2.64. The Morgan fingerprint density at radius 2 is 1.81 bits per heavy atom. The van der Waals surface area contributed by atoms with Gasteiger partial charge in [0.1, 0.15) is 5.75 Å². The maximum atomic E-state index is 13.0. The molecule has 1 saturated heterocycles. The summed E-state index contributed by atoms with van der Waals surface area (Å²) in [6.45, 7) is 14.7. The first kappa shape index (κ1) is 21.5. The molecule has 0 radical (unpaired) electrons. The molecule has 0 bridgehead atoms. The van der Waals surface area contributed by atoms with Crippen molar-refractivity contribution in [2.75, 3.05) is 31.6 Å². The SMILES string of the molecule is CCOc1ccc(NC(=O)N(CCC(C)C)C2CC[NH+](C(C)C)CC2)cc1. The van der Waals surface area contributed by atoms with Crippen LogP contribution in [-0.4, -0.2) is 49.3 Å². The van der Waals surface area contributed by atoms with Gasteiger partial charge in [-0.25, -0.2) is 4.79 Å². The van der Waals surface area contributed by atoms with E-state index in [1.54, 1.807) is 4.90 Å². The molecule has 1 heterocycles. The van der Waals surface area contributed by atoms with Crippen LogP contribution in [0.2, 0.25) is 0 Å². The first-order valence-corrected chi connectivity index (χ1v) is 10.6. The highest BCUT2D eigenvalue weighted by molar-refractivity contribution is 5.89. The van der Waals surface area contributed by atoms with E-state index >= 15 is 0 Å². The molecule has 1 aromatic carbocycles. The van der Waals surface area contributed by atoms with E-state index < -0.39 is 0 Å². The van der Waals surface area contributed by atoms with E-state index in [4.69, 9.17) is 4.74 Å².